The van der Waals surface area contributed by atoms with E-state index >= 15 is 0 Å². The van der Waals surface area contributed by atoms with Gasteiger partial charge in [-0.3, -0.25) is 0 Å². The topological polar surface area (TPSA) is 42.5 Å². The molecule has 3 rings (SSSR count). The molecular formula is C20H24N2O2S. The third kappa shape index (κ3) is 4.23. The first-order chi connectivity index (χ1) is 12.0. The molecule has 0 saturated carbocycles. The molecule has 0 fully saturated rings. The van der Waals surface area contributed by atoms with Gasteiger partial charge in [0.05, 0.1) is 18.3 Å². The maximum atomic E-state index is 6.08. The van der Waals surface area contributed by atoms with Gasteiger partial charge in [-0.25, -0.2) is 0 Å². The average molecular weight is 356 g/mol. The zero-order valence-electron chi connectivity index (χ0n) is 14.8. The molecule has 0 spiro atoms. The lowest BCUT2D eigenvalue weighted by molar-refractivity contribution is 0.0697. The fraction of sp³-hybridized carbons (Fsp3) is 0.350. The van der Waals surface area contributed by atoms with Crippen LogP contribution in [0.15, 0.2) is 48.5 Å². The van der Waals surface area contributed by atoms with Crippen molar-refractivity contribution in [1.82, 2.24) is 5.32 Å². The minimum Gasteiger partial charge on any atom is -0.492 e. The lowest BCUT2D eigenvalue weighted by Gasteiger charge is -2.38. The van der Waals surface area contributed by atoms with Crippen LogP contribution in [0.2, 0.25) is 0 Å². The molecule has 5 heteroatoms. The van der Waals surface area contributed by atoms with E-state index in [0.29, 0.717) is 11.7 Å². The number of hydrogen-bond donors (Lipinski definition) is 2. The Morgan fingerprint density at radius 3 is 2.72 bits per heavy atom. The summed E-state index contributed by atoms with van der Waals surface area (Å²) in [5.74, 6) is 1.70. The third-order valence-electron chi connectivity index (χ3n) is 4.12. The molecule has 1 aliphatic rings. The van der Waals surface area contributed by atoms with E-state index < -0.39 is 0 Å². The van der Waals surface area contributed by atoms with Gasteiger partial charge in [0.15, 0.2) is 5.11 Å². The summed E-state index contributed by atoms with van der Waals surface area (Å²) >= 11 is 5.55. The van der Waals surface area contributed by atoms with Gasteiger partial charge in [0, 0.05) is 12.0 Å². The van der Waals surface area contributed by atoms with Gasteiger partial charge in [-0.1, -0.05) is 30.3 Å². The SMILES string of the molecule is CCOc1ccccc1NC(=S)NC1CC(C)(C)Oc2ccccc21. The highest BCUT2D eigenvalue weighted by molar-refractivity contribution is 7.80. The molecule has 132 valence electrons. The number of hydrogen-bond acceptors (Lipinski definition) is 3. The van der Waals surface area contributed by atoms with Crippen LogP contribution >= 0.6 is 12.2 Å². The maximum Gasteiger partial charge on any atom is 0.171 e. The average Bonchev–Trinajstić information content (AvgIpc) is 2.56. The van der Waals surface area contributed by atoms with Crippen molar-refractivity contribution in [1.29, 1.82) is 0 Å². The summed E-state index contributed by atoms with van der Waals surface area (Å²) in [6.07, 6.45) is 0.832. The number of fused-ring (bicyclic) bond motifs is 1. The molecule has 0 bridgehead atoms. The van der Waals surface area contributed by atoms with Crippen molar-refractivity contribution in [3.63, 3.8) is 0 Å². The highest BCUT2D eigenvalue weighted by Crippen LogP contribution is 2.39. The van der Waals surface area contributed by atoms with Gasteiger partial charge >= 0.3 is 0 Å². The molecule has 4 nitrogen and oxygen atoms in total. The zero-order valence-corrected chi connectivity index (χ0v) is 15.7. The van der Waals surface area contributed by atoms with Crippen molar-refractivity contribution in [2.75, 3.05) is 11.9 Å². The maximum absolute atomic E-state index is 6.08. The Bertz CT molecular complexity index is 761. The summed E-state index contributed by atoms with van der Waals surface area (Å²) < 4.78 is 11.7. The van der Waals surface area contributed by atoms with Gasteiger partial charge in [-0.05, 0) is 51.2 Å². The molecule has 25 heavy (non-hydrogen) atoms. The molecule has 1 atom stereocenters. The number of anilines is 1. The molecule has 0 radical (unpaired) electrons. The highest BCUT2D eigenvalue weighted by Gasteiger charge is 2.33. The van der Waals surface area contributed by atoms with Crippen LogP contribution in [-0.4, -0.2) is 17.3 Å². The van der Waals surface area contributed by atoms with Crippen LogP contribution in [0.4, 0.5) is 5.69 Å². The molecule has 1 unspecified atom stereocenters. The van der Waals surface area contributed by atoms with E-state index in [1.165, 1.54) is 0 Å². The number of thiocarbonyl (C=S) groups is 1. The Balaban J connectivity index is 1.75. The fourth-order valence-corrected chi connectivity index (χ4v) is 3.35. The third-order valence-corrected chi connectivity index (χ3v) is 4.34. The van der Waals surface area contributed by atoms with E-state index in [4.69, 9.17) is 21.7 Å². The molecule has 1 heterocycles. The van der Waals surface area contributed by atoms with Gasteiger partial charge in [0.2, 0.25) is 0 Å². The van der Waals surface area contributed by atoms with Crippen LogP contribution in [0.5, 0.6) is 11.5 Å². The van der Waals surface area contributed by atoms with Crippen LogP contribution < -0.4 is 20.1 Å². The first-order valence-electron chi connectivity index (χ1n) is 8.56. The van der Waals surface area contributed by atoms with Crippen LogP contribution in [0.25, 0.3) is 0 Å². The van der Waals surface area contributed by atoms with Crippen molar-refractivity contribution in [3.05, 3.63) is 54.1 Å². The molecule has 2 aromatic carbocycles. The highest BCUT2D eigenvalue weighted by atomic mass is 32.1. The molecular weight excluding hydrogens is 332 g/mol. The Morgan fingerprint density at radius 2 is 1.92 bits per heavy atom. The molecule has 2 N–H and O–H groups in total. The Labute approximate surface area is 154 Å². The van der Waals surface area contributed by atoms with Crippen molar-refractivity contribution in [3.8, 4) is 11.5 Å². The van der Waals surface area contributed by atoms with Crippen molar-refractivity contribution >= 4 is 23.0 Å². The molecule has 0 aliphatic carbocycles. The second-order valence-electron chi connectivity index (χ2n) is 6.68. The van der Waals surface area contributed by atoms with Gasteiger partial charge in [0.25, 0.3) is 0 Å². The van der Waals surface area contributed by atoms with E-state index in [1.54, 1.807) is 0 Å². The van der Waals surface area contributed by atoms with E-state index in [-0.39, 0.29) is 11.6 Å². The van der Waals surface area contributed by atoms with Crippen LogP contribution in [0.1, 0.15) is 38.8 Å². The summed E-state index contributed by atoms with van der Waals surface area (Å²) in [5, 5.41) is 7.26. The van der Waals surface area contributed by atoms with Crippen molar-refractivity contribution in [2.24, 2.45) is 0 Å². The number of benzene rings is 2. The van der Waals surface area contributed by atoms with Gasteiger partial charge in [-0.2, -0.15) is 0 Å². The molecule has 2 aromatic rings. The summed E-state index contributed by atoms with van der Waals surface area (Å²) in [5.41, 5.74) is 1.75. The number of nitrogens with one attached hydrogen (secondary N) is 2. The number of para-hydroxylation sites is 3. The predicted octanol–water partition coefficient (Wildman–Crippen LogP) is 4.67. The summed E-state index contributed by atoms with van der Waals surface area (Å²) in [6.45, 7) is 6.77. The van der Waals surface area contributed by atoms with E-state index in [2.05, 4.69) is 30.5 Å². The first-order valence-corrected chi connectivity index (χ1v) is 8.96. The van der Waals surface area contributed by atoms with E-state index in [9.17, 15) is 0 Å². The van der Waals surface area contributed by atoms with Crippen LogP contribution in [-0.2, 0) is 0 Å². The zero-order chi connectivity index (χ0) is 17.9. The lowest BCUT2D eigenvalue weighted by atomic mass is 9.90. The monoisotopic (exact) mass is 356 g/mol. The van der Waals surface area contributed by atoms with E-state index in [1.807, 2.05) is 49.4 Å². The number of rotatable bonds is 4. The summed E-state index contributed by atoms with van der Waals surface area (Å²) in [6, 6.07) is 16.0. The largest absolute Gasteiger partial charge is 0.492 e. The molecule has 0 saturated heterocycles. The summed E-state index contributed by atoms with van der Waals surface area (Å²) in [7, 11) is 0. The van der Waals surface area contributed by atoms with Gasteiger partial charge in [0.1, 0.15) is 17.1 Å². The minimum atomic E-state index is -0.245. The van der Waals surface area contributed by atoms with Crippen molar-refractivity contribution < 1.29 is 9.47 Å². The first kappa shape index (κ1) is 17.5. The standard InChI is InChI=1S/C20H24N2O2S/c1-4-23-18-12-8-6-10-15(18)21-19(25)22-16-13-20(2,3)24-17-11-7-5-9-14(16)17/h5-12,16H,4,13H2,1-3H3,(H2,21,22,25). The quantitative estimate of drug-likeness (QED) is 0.779. The van der Waals surface area contributed by atoms with Crippen molar-refractivity contribution in [2.45, 2.75) is 38.8 Å². The van der Waals surface area contributed by atoms with E-state index in [0.717, 1.165) is 29.2 Å². The second kappa shape index (κ2) is 7.31. The normalized spacial score (nSPS) is 17.8. The lowest BCUT2D eigenvalue weighted by Crippen LogP contribution is -2.42. The Hall–Kier alpha value is -2.27. The fourth-order valence-electron chi connectivity index (χ4n) is 3.10. The second-order valence-corrected chi connectivity index (χ2v) is 7.09. The van der Waals surface area contributed by atoms with Crippen LogP contribution in [0.3, 0.4) is 0 Å². The molecule has 1 aliphatic heterocycles. The molecule has 0 amide bonds. The van der Waals surface area contributed by atoms with Gasteiger partial charge in [-0.15, -0.1) is 0 Å². The smallest absolute Gasteiger partial charge is 0.171 e. The van der Waals surface area contributed by atoms with Gasteiger partial charge < -0.3 is 20.1 Å². The summed E-state index contributed by atoms with van der Waals surface area (Å²) in [4.78, 5) is 0. The minimum absolute atomic E-state index is 0.0965. The Morgan fingerprint density at radius 1 is 1.20 bits per heavy atom. The Kier molecular flexibility index (Phi) is 5.13. The molecule has 0 aromatic heterocycles. The predicted molar refractivity (Wildman–Crippen MR) is 105 cm³/mol. The number of ether oxygens (including phenoxy) is 2. The van der Waals surface area contributed by atoms with Crippen LogP contribution in [0, 0.1) is 0 Å².